The van der Waals surface area contributed by atoms with Gasteiger partial charge in [-0.2, -0.15) is 0 Å². The minimum absolute atomic E-state index is 0.127. The summed E-state index contributed by atoms with van der Waals surface area (Å²) < 4.78 is 4.73. The van der Waals surface area contributed by atoms with Gasteiger partial charge in [-0.25, -0.2) is 0 Å². The van der Waals surface area contributed by atoms with Crippen LogP contribution in [0.4, 0.5) is 0 Å². The molecule has 1 N–H and O–H groups in total. The summed E-state index contributed by atoms with van der Waals surface area (Å²) in [6.45, 7) is 0.720. The third-order valence-electron chi connectivity index (χ3n) is 3.99. The van der Waals surface area contributed by atoms with Gasteiger partial charge in [-0.1, -0.05) is 12.8 Å². The summed E-state index contributed by atoms with van der Waals surface area (Å²) in [5.41, 5.74) is -0.863. The van der Waals surface area contributed by atoms with Crippen molar-refractivity contribution in [2.24, 2.45) is 11.3 Å². The third kappa shape index (κ3) is 1.81. The molecule has 0 aliphatic heterocycles. The molecule has 0 aromatic heterocycles. The number of hydrogen-bond acceptors (Lipinski definition) is 3. The first kappa shape index (κ1) is 11.4. The highest BCUT2D eigenvalue weighted by Crippen LogP contribution is 2.42. The molecule has 0 spiro atoms. The number of amides is 1. The zero-order valence-corrected chi connectivity index (χ0v) is 9.75. The quantitative estimate of drug-likeness (QED) is 0.578. The Morgan fingerprint density at radius 1 is 1.31 bits per heavy atom. The maximum Gasteiger partial charge on any atom is 0.321 e. The summed E-state index contributed by atoms with van der Waals surface area (Å²) >= 11 is 0. The van der Waals surface area contributed by atoms with E-state index in [1.165, 1.54) is 26.4 Å². The van der Waals surface area contributed by atoms with Crippen LogP contribution in [-0.2, 0) is 14.3 Å². The Morgan fingerprint density at radius 3 is 2.38 bits per heavy atom. The smallest absolute Gasteiger partial charge is 0.321 e. The minimum atomic E-state index is -0.863. The van der Waals surface area contributed by atoms with Crippen molar-refractivity contribution < 1.29 is 14.3 Å². The van der Waals surface area contributed by atoms with Gasteiger partial charge in [0.15, 0.2) is 0 Å². The van der Waals surface area contributed by atoms with Gasteiger partial charge in [0, 0.05) is 6.54 Å². The van der Waals surface area contributed by atoms with Crippen molar-refractivity contribution in [1.82, 2.24) is 5.32 Å². The van der Waals surface area contributed by atoms with Gasteiger partial charge < -0.3 is 10.1 Å². The number of hydrogen-bond donors (Lipinski definition) is 1. The average molecular weight is 225 g/mol. The van der Waals surface area contributed by atoms with Gasteiger partial charge in [-0.3, -0.25) is 9.59 Å². The first-order chi connectivity index (χ1) is 7.69. The van der Waals surface area contributed by atoms with Gasteiger partial charge in [0.25, 0.3) is 0 Å². The van der Waals surface area contributed by atoms with Crippen molar-refractivity contribution in [2.45, 2.75) is 38.5 Å². The molecule has 0 saturated heterocycles. The molecule has 2 aliphatic rings. The predicted molar refractivity (Wildman–Crippen MR) is 58.7 cm³/mol. The summed E-state index contributed by atoms with van der Waals surface area (Å²) in [5.74, 6) is 0.126. The van der Waals surface area contributed by atoms with Gasteiger partial charge >= 0.3 is 5.97 Å². The van der Waals surface area contributed by atoms with Crippen LogP contribution in [0.1, 0.15) is 38.5 Å². The van der Waals surface area contributed by atoms with E-state index in [1.54, 1.807) is 0 Å². The van der Waals surface area contributed by atoms with Crippen LogP contribution in [0.25, 0.3) is 0 Å². The maximum atomic E-state index is 12.0. The second kappa shape index (κ2) is 4.44. The molecule has 0 atom stereocenters. The fourth-order valence-corrected chi connectivity index (χ4v) is 2.35. The first-order valence-corrected chi connectivity index (χ1v) is 6.06. The van der Waals surface area contributed by atoms with Crippen molar-refractivity contribution in [3.05, 3.63) is 0 Å². The maximum absolute atomic E-state index is 12.0. The fourth-order valence-electron chi connectivity index (χ4n) is 2.35. The summed E-state index contributed by atoms with van der Waals surface area (Å²) in [5, 5.41) is 2.90. The minimum Gasteiger partial charge on any atom is -0.468 e. The Kier molecular flexibility index (Phi) is 3.17. The summed E-state index contributed by atoms with van der Waals surface area (Å²) in [4.78, 5) is 23.6. The molecule has 0 bridgehead atoms. The molecule has 2 fully saturated rings. The highest BCUT2D eigenvalue weighted by atomic mass is 16.5. The Bertz CT molecular complexity index is 293. The van der Waals surface area contributed by atoms with Crippen LogP contribution in [0.15, 0.2) is 0 Å². The van der Waals surface area contributed by atoms with Crippen molar-refractivity contribution in [3.8, 4) is 0 Å². The van der Waals surface area contributed by atoms with Crippen LogP contribution in [0, 0.1) is 11.3 Å². The molecule has 0 aromatic carbocycles. The number of rotatable bonds is 4. The molecule has 4 heteroatoms. The summed E-state index contributed by atoms with van der Waals surface area (Å²) in [6, 6.07) is 0. The van der Waals surface area contributed by atoms with E-state index in [1.807, 2.05) is 0 Å². The van der Waals surface area contributed by atoms with E-state index in [4.69, 9.17) is 4.74 Å². The topological polar surface area (TPSA) is 55.4 Å². The van der Waals surface area contributed by atoms with E-state index >= 15 is 0 Å². The second-order valence-corrected chi connectivity index (χ2v) is 4.93. The molecule has 2 aliphatic carbocycles. The molecule has 0 radical (unpaired) electrons. The van der Waals surface area contributed by atoms with E-state index in [2.05, 4.69) is 5.32 Å². The number of carbonyl (C=O) groups is 2. The second-order valence-electron chi connectivity index (χ2n) is 4.93. The molecule has 16 heavy (non-hydrogen) atoms. The van der Waals surface area contributed by atoms with Gasteiger partial charge in [0.2, 0.25) is 5.91 Å². The predicted octanol–water partition coefficient (Wildman–Crippen LogP) is 1.25. The number of methoxy groups -OCH3 is 1. The van der Waals surface area contributed by atoms with E-state index < -0.39 is 5.41 Å². The van der Waals surface area contributed by atoms with Crippen LogP contribution in [-0.4, -0.2) is 25.5 Å². The van der Waals surface area contributed by atoms with E-state index in [0.717, 1.165) is 13.0 Å². The van der Waals surface area contributed by atoms with Crippen molar-refractivity contribution in [2.75, 3.05) is 13.7 Å². The molecule has 0 unspecified atom stereocenters. The molecule has 1 amide bonds. The van der Waals surface area contributed by atoms with Crippen LogP contribution < -0.4 is 5.32 Å². The van der Waals surface area contributed by atoms with Crippen LogP contribution in [0.5, 0.6) is 0 Å². The molecular weight excluding hydrogens is 206 g/mol. The third-order valence-corrected chi connectivity index (χ3v) is 3.99. The largest absolute Gasteiger partial charge is 0.468 e. The molecule has 2 saturated carbocycles. The average Bonchev–Trinajstić information content (AvgIpc) is 2.13. The number of ether oxygens (including phenoxy) is 1. The van der Waals surface area contributed by atoms with Gasteiger partial charge in [-0.05, 0) is 31.6 Å². The van der Waals surface area contributed by atoms with E-state index in [9.17, 15) is 9.59 Å². The lowest BCUT2D eigenvalue weighted by Gasteiger charge is -2.38. The Labute approximate surface area is 95.7 Å². The zero-order valence-electron chi connectivity index (χ0n) is 9.75. The Morgan fingerprint density at radius 2 is 2.00 bits per heavy atom. The highest BCUT2D eigenvalue weighted by Gasteiger charge is 2.51. The number of nitrogens with one attached hydrogen (secondary N) is 1. The lowest BCUT2D eigenvalue weighted by Crippen LogP contribution is -2.52. The number of esters is 1. The van der Waals surface area contributed by atoms with Crippen LogP contribution in [0.3, 0.4) is 0 Å². The zero-order chi connectivity index (χ0) is 11.6. The molecule has 0 heterocycles. The summed E-state index contributed by atoms with van der Waals surface area (Å²) in [7, 11) is 1.35. The fraction of sp³-hybridized carbons (Fsp3) is 0.833. The Balaban J connectivity index is 1.87. The van der Waals surface area contributed by atoms with E-state index in [0.29, 0.717) is 18.8 Å². The lowest BCUT2D eigenvalue weighted by atomic mass is 9.68. The molecular formula is C12H19NO3. The standard InChI is InChI=1S/C12H19NO3/c1-16-11(15)12(6-3-7-12)10(14)13-8-9-4-2-5-9/h9H,2-8H2,1H3,(H,13,14). The van der Waals surface area contributed by atoms with Gasteiger partial charge in [0.05, 0.1) is 7.11 Å². The molecule has 2 rings (SSSR count). The van der Waals surface area contributed by atoms with Crippen molar-refractivity contribution in [1.29, 1.82) is 0 Å². The lowest BCUT2D eigenvalue weighted by molar-refractivity contribution is -0.165. The van der Waals surface area contributed by atoms with Crippen LogP contribution >= 0.6 is 0 Å². The van der Waals surface area contributed by atoms with Crippen molar-refractivity contribution in [3.63, 3.8) is 0 Å². The normalized spacial score (nSPS) is 22.8. The first-order valence-electron chi connectivity index (χ1n) is 6.06. The molecule has 4 nitrogen and oxygen atoms in total. The van der Waals surface area contributed by atoms with Gasteiger partial charge in [-0.15, -0.1) is 0 Å². The van der Waals surface area contributed by atoms with Crippen LogP contribution in [0.2, 0.25) is 0 Å². The van der Waals surface area contributed by atoms with Gasteiger partial charge in [0.1, 0.15) is 5.41 Å². The summed E-state index contributed by atoms with van der Waals surface area (Å²) in [6.07, 6.45) is 5.87. The SMILES string of the molecule is COC(=O)C1(C(=O)NCC2CCC2)CCC1. The Hall–Kier alpha value is -1.06. The molecule has 90 valence electrons. The molecule has 0 aromatic rings. The highest BCUT2D eigenvalue weighted by molar-refractivity contribution is 6.03. The van der Waals surface area contributed by atoms with E-state index in [-0.39, 0.29) is 11.9 Å². The number of carbonyl (C=O) groups excluding carboxylic acids is 2. The van der Waals surface area contributed by atoms with Crippen molar-refractivity contribution >= 4 is 11.9 Å². The monoisotopic (exact) mass is 225 g/mol.